The second-order valence-electron chi connectivity index (χ2n) is 5.17. The van der Waals surface area contributed by atoms with Gasteiger partial charge in [-0.1, -0.05) is 12.1 Å². The number of alkyl halides is 2. The Bertz CT molecular complexity index is 481. The van der Waals surface area contributed by atoms with Crippen molar-refractivity contribution in [3.63, 3.8) is 0 Å². The number of benzene rings is 1. The highest BCUT2D eigenvalue weighted by molar-refractivity contribution is 5.82. The second-order valence-corrected chi connectivity index (χ2v) is 5.17. The zero-order valence-electron chi connectivity index (χ0n) is 10.5. The van der Waals surface area contributed by atoms with Gasteiger partial charge >= 0.3 is 5.97 Å². The first kappa shape index (κ1) is 13.9. The van der Waals surface area contributed by atoms with Gasteiger partial charge in [-0.05, 0) is 31.4 Å². The van der Waals surface area contributed by atoms with Crippen LogP contribution in [0.15, 0.2) is 18.2 Å². The topological polar surface area (TPSA) is 37.3 Å². The summed E-state index contributed by atoms with van der Waals surface area (Å²) < 4.78 is 40.5. The maximum absolute atomic E-state index is 14.0. The number of aryl methyl sites for hydroxylation is 1. The molecule has 0 heterocycles. The molecule has 19 heavy (non-hydrogen) atoms. The molecule has 0 radical (unpaired) electrons. The molecule has 2 rings (SSSR count). The van der Waals surface area contributed by atoms with E-state index in [0.717, 1.165) is 0 Å². The molecule has 1 aromatic rings. The summed E-state index contributed by atoms with van der Waals surface area (Å²) in [5.41, 5.74) is -0.984. The molecule has 2 nitrogen and oxygen atoms in total. The zero-order chi connectivity index (χ0) is 14.3. The molecule has 1 N–H and O–H groups in total. The fraction of sp³-hybridized carbons (Fsp3) is 0.500. The van der Waals surface area contributed by atoms with E-state index in [0.29, 0.717) is 5.56 Å². The summed E-state index contributed by atoms with van der Waals surface area (Å²) in [5, 5.41) is 9.45. The summed E-state index contributed by atoms with van der Waals surface area (Å²) in [7, 11) is 0. The quantitative estimate of drug-likeness (QED) is 0.892. The average Bonchev–Trinajstić information content (AvgIpc) is 2.30. The van der Waals surface area contributed by atoms with Crippen molar-refractivity contribution < 1.29 is 23.1 Å². The minimum atomic E-state index is -2.85. The van der Waals surface area contributed by atoms with Crippen LogP contribution < -0.4 is 0 Å². The van der Waals surface area contributed by atoms with Gasteiger partial charge in [0.25, 0.3) is 0 Å². The van der Waals surface area contributed by atoms with Crippen LogP contribution in [0, 0.1) is 12.7 Å². The van der Waals surface area contributed by atoms with Crippen molar-refractivity contribution in [3.05, 3.63) is 35.1 Å². The molecule has 5 heteroatoms. The predicted molar refractivity (Wildman–Crippen MR) is 63.9 cm³/mol. The molecular formula is C14H15F3O2. The summed E-state index contributed by atoms with van der Waals surface area (Å²) in [6, 6.07) is 4.27. The van der Waals surface area contributed by atoms with Gasteiger partial charge in [0.1, 0.15) is 5.82 Å². The number of carbonyl (C=O) groups is 1. The summed E-state index contributed by atoms with van der Waals surface area (Å²) in [5.74, 6) is -4.71. The smallest absolute Gasteiger partial charge is 0.314 e. The van der Waals surface area contributed by atoms with Crippen LogP contribution in [0.25, 0.3) is 0 Å². The third-order valence-electron chi connectivity index (χ3n) is 3.94. The van der Waals surface area contributed by atoms with Crippen LogP contribution in [0.4, 0.5) is 13.2 Å². The number of carboxylic acid groups (broad SMARTS) is 1. The Morgan fingerprint density at radius 2 is 1.79 bits per heavy atom. The number of carboxylic acids is 1. The van der Waals surface area contributed by atoms with Crippen LogP contribution in [0.3, 0.4) is 0 Å². The third-order valence-corrected chi connectivity index (χ3v) is 3.94. The molecule has 0 unspecified atom stereocenters. The fourth-order valence-electron chi connectivity index (χ4n) is 2.85. The molecule has 0 atom stereocenters. The van der Waals surface area contributed by atoms with E-state index in [4.69, 9.17) is 0 Å². The van der Waals surface area contributed by atoms with Gasteiger partial charge in [0.05, 0.1) is 5.41 Å². The van der Waals surface area contributed by atoms with Crippen molar-refractivity contribution in [2.45, 2.75) is 43.9 Å². The lowest BCUT2D eigenvalue weighted by Crippen LogP contribution is -2.43. The zero-order valence-corrected chi connectivity index (χ0v) is 10.5. The van der Waals surface area contributed by atoms with E-state index >= 15 is 0 Å². The molecule has 0 bridgehead atoms. The molecule has 0 aliphatic heterocycles. The standard InChI is InChI=1S/C14H15F3O2/c1-9-3-2-4-10(15)11(9)13(12(18)19)5-7-14(16,17)8-6-13/h2-4H,5-8H2,1H3,(H,18,19). The molecule has 1 aliphatic rings. The summed E-state index contributed by atoms with van der Waals surface area (Å²) in [4.78, 5) is 11.6. The first-order valence-electron chi connectivity index (χ1n) is 6.15. The first-order chi connectivity index (χ1) is 8.78. The molecule has 0 saturated heterocycles. The Morgan fingerprint density at radius 3 is 2.26 bits per heavy atom. The summed E-state index contributed by atoms with van der Waals surface area (Å²) in [6.45, 7) is 1.61. The van der Waals surface area contributed by atoms with Crippen molar-refractivity contribution in [1.82, 2.24) is 0 Å². The Morgan fingerprint density at radius 1 is 1.21 bits per heavy atom. The minimum Gasteiger partial charge on any atom is -0.481 e. The van der Waals surface area contributed by atoms with Gasteiger partial charge < -0.3 is 5.11 Å². The molecule has 104 valence electrons. The predicted octanol–water partition coefficient (Wildman–Crippen LogP) is 3.67. The van der Waals surface area contributed by atoms with E-state index in [9.17, 15) is 23.1 Å². The van der Waals surface area contributed by atoms with Crippen molar-refractivity contribution >= 4 is 5.97 Å². The van der Waals surface area contributed by atoms with Crippen LogP contribution in [-0.4, -0.2) is 17.0 Å². The Kier molecular flexibility index (Phi) is 3.32. The highest BCUT2D eigenvalue weighted by Gasteiger charge is 2.50. The Balaban J connectivity index is 2.50. The Hall–Kier alpha value is -1.52. The van der Waals surface area contributed by atoms with E-state index in [1.165, 1.54) is 12.1 Å². The molecule has 1 fully saturated rings. The van der Waals surface area contributed by atoms with E-state index < -0.39 is 36.0 Å². The molecule has 1 aliphatic carbocycles. The van der Waals surface area contributed by atoms with Gasteiger partial charge in [0.15, 0.2) is 0 Å². The maximum Gasteiger partial charge on any atom is 0.314 e. The van der Waals surface area contributed by atoms with E-state index in [1.807, 2.05) is 0 Å². The highest BCUT2D eigenvalue weighted by Crippen LogP contribution is 2.47. The summed E-state index contributed by atoms with van der Waals surface area (Å²) >= 11 is 0. The van der Waals surface area contributed by atoms with Gasteiger partial charge in [-0.25, -0.2) is 13.2 Å². The van der Waals surface area contributed by atoms with Gasteiger partial charge in [0, 0.05) is 18.4 Å². The first-order valence-corrected chi connectivity index (χ1v) is 6.15. The van der Waals surface area contributed by atoms with E-state index in [-0.39, 0.29) is 18.4 Å². The van der Waals surface area contributed by atoms with Gasteiger partial charge in [0.2, 0.25) is 5.92 Å². The van der Waals surface area contributed by atoms with Gasteiger partial charge in [-0.15, -0.1) is 0 Å². The number of hydrogen-bond donors (Lipinski definition) is 1. The Labute approximate surface area is 109 Å². The fourth-order valence-corrected chi connectivity index (χ4v) is 2.85. The highest BCUT2D eigenvalue weighted by atomic mass is 19.3. The third kappa shape index (κ3) is 2.33. The number of halogens is 3. The SMILES string of the molecule is Cc1cccc(F)c1C1(C(=O)O)CCC(F)(F)CC1. The molecule has 0 amide bonds. The molecule has 1 aromatic carbocycles. The lowest BCUT2D eigenvalue weighted by Gasteiger charge is -2.38. The minimum absolute atomic E-state index is 0.0537. The van der Waals surface area contributed by atoms with Crippen LogP contribution in [0.1, 0.15) is 36.8 Å². The lowest BCUT2D eigenvalue weighted by atomic mass is 9.67. The van der Waals surface area contributed by atoms with Gasteiger partial charge in [-0.3, -0.25) is 4.79 Å². The normalized spacial score (nSPS) is 21.1. The van der Waals surface area contributed by atoms with Crippen molar-refractivity contribution in [2.24, 2.45) is 0 Å². The largest absolute Gasteiger partial charge is 0.481 e. The second kappa shape index (κ2) is 4.54. The van der Waals surface area contributed by atoms with Crippen LogP contribution in [0.5, 0.6) is 0 Å². The molecule has 1 saturated carbocycles. The van der Waals surface area contributed by atoms with Crippen LogP contribution in [0.2, 0.25) is 0 Å². The number of hydrogen-bond acceptors (Lipinski definition) is 1. The van der Waals surface area contributed by atoms with E-state index in [2.05, 4.69) is 0 Å². The monoisotopic (exact) mass is 272 g/mol. The molecular weight excluding hydrogens is 257 g/mol. The molecule has 0 spiro atoms. The van der Waals surface area contributed by atoms with Crippen LogP contribution >= 0.6 is 0 Å². The van der Waals surface area contributed by atoms with Gasteiger partial charge in [-0.2, -0.15) is 0 Å². The van der Waals surface area contributed by atoms with Crippen molar-refractivity contribution in [3.8, 4) is 0 Å². The average molecular weight is 272 g/mol. The maximum atomic E-state index is 14.0. The summed E-state index contributed by atoms with van der Waals surface area (Å²) in [6.07, 6.45) is -1.52. The number of aliphatic carboxylic acids is 1. The van der Waals surface area contributed by atoms with Crippen molar-refractivity contribution in [1.29, 1.82) is 0 Å². The van der Waals surface area contributed by atoms with Crippen LogP contribution in [-0.2, 0) is 10.2 Å². The number of rotatable bonds is 2. The lowest BCUT2D eigenvalue weighted by molar-refractivity contribution is -0.149. The van der Waals surface area contributed by atoms with E-state index in [1.54, 1.807) is 13.0 Å². The molecule has 0 aromatic heterocycles. The van der Waals surface area contributed by atoms with Crippen molar-refractivity contribution in [2.75, 3.05) is 0 Å².